The van der Waals surface area contributed by atoms with Crippen LogP contribution in [0.1, 0.15) is 44.0 Å². The zero-order chi connectivity index (χ0) is 24.5. The maximum Gasteiger partial charge on any atom is 0.249 e. The van der Waals surface area contributed by atoms with Gasteiger partial charge in [-0.1, -0.05) is 30.4 Å². The van der Waals surface area contributed by atoms with Gasteiger partial charge in [-0.3, -0.25) is 4.79 Å². The second-order valence-electron chi connectivity index (χ2n) is 8.68. The molecule has 1 N–H and O–H groups in total. The van der Waals surface area contributed by atoms with Gasteiger partial charge >= 0.3 is 0 Å². The van der Waals surface area contributed by atoms with Gasteiger partial charge in [-0.05, 0) is 62.4 Å². The molecular formula is C28H35N3O4. The van der Waals surface area contributed by atoms with Gasteiger partial charge in [-0.15, -0.1) is 0 Å². The molecule has 0 aliphatic carbocycles. The lowest BCUT2D eigenvalue weighted by molar-refractivity contribution is -0.130. The third-order valence-electron chi connectivity index (χ3n) is 6.16. The van der Waals surface area contributed by atoms with E-state index in [-0.39, 0.29) is 12.0 Å². The molecule has 1 saturated heterocycles. The molecule has 1 aliphatic rings. The first-order valence-electron chi connectivity index (χ1n) is 12.5. The molecule has 1 amide bonds. The SMILES string of the molecule is C/C=C/c1ccc(OCCCn2c(CCCNC(=O)C3CCCO3)nc3ccccc32)c(OC)c1. The molecular weight excluding hydrogens is 442 g/mol. The molecule has 186 valence electrons. The molecule has 1 aromatic heterocycles. The van der Waals surface area contributed by atoms with Crippen molar-refractivity contribution in [1.29, 1.82) is 0 Å². The number of hydrogen-bond donors (Lipinski definition) is 1. The summed E-state index contributed by atoms with van der Waals surface area (Å²) < 4.78 is 19.3. The number of nitrogens with zero attached hydrogens (tertiary/aromatic N) is 2. The van der Waals surface area contributed by atoms with E-state index in [0.717, 1.165) is 72.6 Å². The van der Waals surface area contributed by atoms with E-state index in [9.17, 15) is 4.79 Å². The Morgan fingerprint density at radius 3 is 2.91 bits per heavy atom. The molecule has 0 radical (unpaired) electrons. The fraction of sp³-hybridized carbons (Fsp3) is 0.429. The first-order valence-corrected chi connectivity index (χ1v) is 12.5. The summed E-state index contributed by atoms with van der Waals surface area (Å²) in [5, 5.41) is 3.00. The zero-order valence-corrected chi connectivity index (χ0v) is 20.7. The highest BCUT2D eigenvalue weighted by molar-refractivity contribution is 5.81. The minimum Gasteiger partial charge on any atom is -0.493 e. The predicted octanol–water partition coefficient (Wildman–Crippen LogP) is 4.77. The van der Waals surface area contributed by atoms with Crippen LogP contribution in [0.5, 0.6) is 11.5 Å². The molecule has 7 nitrogen and oxygen atoms in total. The van der Waals surface area contributed by atoms with E-state index in [1.807, 2.05) is 55.5 Å². The Kier molecular flexibility index (Phi) is 8.79. The average molecular weight is 478 g/mol. The number of amides is 1. The minimum absolute atomic E-state index is 0.00216. The molecule has 3 aromatic rings. The summed E-state index contributed by atoms with van der Waals surface area (Å²) in [5.74, 6) is 2.52. The Labute approximate surface area is 207 Å². The van der Waals surface area contributed by atoms with E-state index >= 15 is 0 Å². The van der Waals surface area contributed by atoms with Crippen LogP contribution in [0, 0.1) is 0 Å². The first kappa shape index (κ1) is 24.8. The summed E-state index contributed by atoms with van der Waals surface area (Å²) in [6, 6.07) is 14.2. The quantitative estimate of drug-likeness (QED) is 0.380. The molecule has 2 aromatic carbocycles. The Morgan fingerprint density at radius 1 is 1.23 bits per heavy atom. The summed E-state index contributed by atoms with van der Waals surface area (Å²) in [5.41, 5.74) is 3.20. The van der Waals surface area contributed by atoms with E-state index in [1.165, 1.54) is 0 Å². The maximum atomic E-state index is 12.2. The number of carbonyl (C=O) groups is 1. The second-order valence-corrected chi connectivity index (χ2v) is 8.68. The molecule has 1 unspecified atom stereocenters. The second kappa shape index (κ2) is 12.4. The smallest absolute Gasteiger partial charge is 0.249 e. The summed E-state index contributed by atoms with van der Waals surface area (Å²) >= 11 is 0. The van der Waals surface area contributed by atoms with Crippen LogP contribution >= 0.6 is 0 Å². The normalized spacial score (nSPS) is 15.7. The van der Waals surface area contributed by atoms with Crippen molar-refractivity contribution in [3.8, 4) is 11.5 Å². The van der Waals surface area contributed by atoms with E-state index in [0.29, 0.717) is 19.8 Å². The van der Waals surface area contributed by atoms with E-state index < -0.39 is 0 Å². The number of methoxy groups -OCH3 is 1. The molecule has 0 spiro atoms. The number of nitrogens with one attached hydrogen (secondary N) is 1. The van der Waals surface area contributed by atoms with Crippen LogP contribution in [0.25, 0.3) is 17.1 Å². The molecule has 4 rings (SSSR count). The summed E-state index contributed by atoms with van der Waals surface area (Å²) in [6.45, 7) is 4.67. The number of benzene rings is 2. The molecule has 1 aliphatic heterocycles. The highest BCUT2D eigenvalue weighted by Gasteiger charge is 2.23. The van der Waals surface area contributed by atoms with Crippen LogP contribution in [0.3, 0.4) is 0 Å². The lowest BCUT2D eigenvalue weighted by Crippen LogP contribution is -2.34. The number of aromatic nitrogens is 2. The molecule has 1 atom stereocenters. The van der Waals surface area contributed by atoms with E-state index in [4.69, 9.17) is 19.2 Å². The van der Waals surface area contributed by atoms with Gasteiger partial charge in [0.1, 0.15) is 11.9 Å². The van der Waals surface area contributed by atoms with Crippen LogP contribution in [-0.2, 0) is 22.5 Å². The van der Waals surface area contributed by atoms with Gasteiger partial charge in [0.25, 0.3) is 0 Å². The lowest BCUT2D eigenvalue weighted by Gasteiger charge is -2.13. The number of rotatable bonds is 12. The predicted molar refractivity (Wildman–Crippen MR) is 138 cm³/mol. The number of para-hydroxylation sites is 2. The Balaban J connectivity index is 1.32. The topological polar surface area (TPSA) is 74.6 Å². The van der Waals surface area contributed by atoms with Gasteiger partial charge < -0.3 is 24.1 Å². The summed E-state index contributed by atoms with van der Waals surface area (Å²) in [6.07, 6.45) is 7.98. The van der Waals surface area contributed by atoms with Gasteiger partial charge in [-0.2, -0.15) is 0 Å². The zero-order valence-electron chi connectivity index (χ0n) is 20.7. The van der Waals surface area contributed by atoms with Gasteiger partial charge in [0.05, 0.1) is 24.8 Å². The fourth-order valence-electron chi connectivity index (χ4n) is 4.43. The summed E-state index contributed by atoms with van der Waals surface area (Å²) in [7, 11) is 1.66. The van der Waals surface area contributed by atoms with Crippen molar-refractivity contribution < 1.29 is 19.0 Å². The first-order chi connectivity index (χ1) is 17.2. The molecule has 0 saturated carbocycles. The Hall–Kier alpha value is -3.32. The number of hydrogen-bond acceptors (Lipinski definition) is 5. The number of ether oxygens (including phenoxy) is 3. The van der Waals surface area contributed by atoms with Gasteiger partial charge in [-0.25, -0.2) is 4.98 Å². The largest absolute Gasteiger partial charge is 0.493 e. The number of fused-ring (bicyclic) bond motifs is 1. The van der Waals surface area contributed by atoms with Crippen molar-refractivity contribution in [2.45, 2.75) is 51.7 Å². The van der Waals surface area contributed by atoms with E-state index in [2.05, 4.69) is 16.0 Å². The molecule has 2 heterocycles. The van der Waals surface area contributed by atoms with Crippen LogP contribution in [0.15, 0.2) is 48.5 Å². The van der Waals surface area contributed by atoms with Crippen LogP contribution in [-0.4, -0.2) is 48.4 Å². The monoisotopic (exact) mass is 477 g/mol. The molecule has 0 bridgehead atoms. The van der Waals surface area contributed by atoms with Crippen molar-refractivity contribution in [2.24, 2.45) is 0 Å². The van der Waals surface area contributed by atoms with Gasteiger partial charge in [0, 0.05) is 26.1 Å². The van der Waals surface area contributed by atoms with Crippen LogP contribution < -0.4 is 14.8 Å². The standard InChI is InChI=1S/C28H35N3O4/c1-3-9-21-14-15-24(26(20-21)33-2)34-19-8-17-31-23-11-5-4-10-22(23)30-27(31)13-6-16-29-28(32)25-12-7-18-35-25/h3-5,9-11,14-15,20,25H,6-8,12-13,16-19H2,1-2H3,(H,29,32)/b9-3+. The fourth-order valence-corrected chi connectivity index (χ4v) is 4.43. The van der Waals surface area contributed by atoms with Gasteiger partial charge in [0.2, 0.25) is 5.91 Å². The minimum atomic E-state index is -0.280. The van der Waals surface area contributed by atoms with Crippen molar-refractivity contribution in [1.82, 2.24) is 14.9 Å². The highest BCUT2D eigenvalue weighted by atomic mass is 16.5. The number of allylic oxidation sites excluding steroid dienone is 1. The van der Waals surface area contributed by atoms with E-state index in [1.54, 1.807) is 7.11 Å². The highest BCUT2D eigenvalue weighted by Crippen LogP contribution is 2.29. The van der Waals surface area contributed by atoms with Crippen LogP contribution in [0.2, 0.25) is 0 Å². The third kappa shape index (κ3) is 6.42. The summed E-state index contributed by atoms with van der Waals surface area (Å²) in [4.78, 5) is 17.0. The van der Waals surface area contributed by atoms with Crippen molar-refractivity contribution in [3.63, 3.8) is 0 Å². The Bertz CT molecular complexity index is 1150. The lowest BCUT2D eigenvalue weighted by atomic mass is 10.2. The third-order valence-corrected chi connectivity index (χ3v) is 6.16. The van der Waals surface area contributed by atoms with Crippen molar-refractivity contribution in [3.05, 3.63) is 59.9 Å². The number of imidazole rings is 1. The maximum absolute atomic E-state index is 12.2. The Morgan fingerprint density at radius 2 is 2.11 bits per heavy atom. The average Bonchev–Trinajstić information content (AvgIpc) is 3.54. The van der Waals surface area contributed by atoms with Crippen molar-refractivity contribution >= 4 is 23.0 Å². The molecule has 35 heavy (non-hydrogen) atoms. The van der Waals surface area contributed by atoms with Crippen molar-refractivity contribution in [2.75, 3.05) is 26.9 Å². The number of carbonyl (C=O) groups excluding carboxylic acids is 1. The molecule has 7 heteroatoms. The van der Waals surface area contributed by atoms with Crippen LogP contribution in [0.4, 0.5) is 0 Å². The number of aryl methyl sites for hydroxylation is 2. The molecule has 1 fully saturated rings. The van der Waals surface area contributed by atoms with Gasteiger partial charge in [0.15, 0.2) is 11.5 Å².